The predicted octanol–water partition coefficient (Wildman–Crippen LogP) is 3.45. The summed E-state index contributed by atoms with van der Waals surface area (Å²) in [5.41, 5.74) is 0. The minimum absolute atomic E-state index is 0.112. The van der Waals surface area contributed by atoms with Crippen molar-refractivity contribution in [3.05, 3.63) is 42.5 Å². The molecule has 0 aromatic heterocycles. The fourth-order valence-electron chi connectivity index (χ4n) is 3.25. The zero-order chi connectivity index (χ0) is 17.2. The smallest absolute Gasteiger partial charge is 0.238 e. The van der Waals surface area contributed by atoms with E-state index in [9.17, 15) is 13.2 Å². The van der Waals surface area contributed by atoms with Gasteiger partial charge in [0, 0.05) is 6.04 Å². The summed E-state index contributed by atoms with van der Waals surface area (Å²) in [5.74, 6) is -0.393. The van der Waals surface area contributed by atoms with Gasteiger partial charge in [0.25, 0.3) is 0 Å². The molecule has 0 saturated heterocycles. The lowest BCUT2D eigenvalue weighted by Gasteiger charge is -2.24. The Kier molecular flexibility index (Phi) is 4.90. The first-order valence-electron chi connectivity index (χ1n) is 8.51. The normalized spacial score (nSPS) is 17.5. The number of fused-ring (bicyclic) bond motifs is 1. The number of carbonyl (C=O) groups excluding carboxylic acids is 1. The van der Waals surface area contributed by atoms with Crippen LogP contribution >= 0.6 is 0 Å². The molecule has 0 aliphatic heterocycles. The summed E-state index contributed by atoms with van der Waals surface area (Å²) < 4.78 is 25.6. The van der Waals surface area contributed by atoms with Gasteiger partial charge in [-0.2, -0.15) is 0 Å². The third-order valence-corrected chi connectivity index (χ3v) is 6.89. The molecule has 3 rings (SSSR count). The van der Waals surface area contributed by atoms with Gasteiger partial charge >= 0.3 is 0 Å². The van der Waals surface area contributed by atoms with E-state index in [1.54, 1.807) is 18.2 Å². The van der Waals surface area contributed by atoms with Crippen molar-refractivity contribution in [3.63, 3.8) is 0 Å². The molecule has 1 aliphatic rings. The highest BCUT2D eigenvalue weighted by molar-refractivity contribution is 7.92. The van der Waals surface area contributed by atoms with Crippen LogP contribution in [0.15, 0.2) is 47.4 Å². The molecule has 0 radical (unpaired) electrons. The number of benzene rings is 2. The molecule has 1 atom stereocenters. The lowest BCUT2D eigenvalue weighted by atomic mass is 9.95. The Morgan fingerprint density at radius 1 is 1.04 bits per heavy atom. The SMILES string of the molecule is CC(C(=O)NC1CCCCC1)S(=O)(=O)c1ccc2ccccc2c1. The molecule has 1 amide bonds. The third kappa shape index (κ3) is 3.46. The molecule has 1 fully saturated rings. The minimum Gasteiger partial charge on any atom is -0.352 e. The summed E-state index contributed by atoms with van der Waals surface area (Å²) in [6.07, 6.45) is 5.26. The van der Waals surface area contributed by atoms with Crippen LogP contribution in [0.2, 0.25) is 0 Å². The first-order valence-corrected chi connectivity index (χ1v) is 10.1. The number of carbonyl (C=O) groups is 1. The number of rotatable bonds is 4. The van der Waals surface area contributed by atoms with Crippen molar-refractivity contribution in [1.82, 2.24) is 5.32 Å². The summed E-state index contributed by atoms with van der Waals surface area (Å²) in [4.78, 5) is 12.6. The molecule has 24 heavy (non-hydrogen) atoms. The van der Waals surface area contributed by atoms with Crippen molar-refractivity contribution in [3.8, 4) is 0 Å². The number of nitrogens with one attached hydrogen (secondary N) is 1. The highest BCUT2D eigenvalue weighted by Gasteiger charge is 2.31. The van der Waals surface area contributed by atoms with Crippen LogP contribution in [0.4, 0.5) is 0 Å². The zero-order valence-corrected chi connectivity index (χ0v) is 14.7. The van der Waals surface area contributed by atoms with Crippen LogP contribution in [0.5, 0.6) is 0 Å². The second-order valence-corrected chi connectivity index (χ2v) is 8.81. The Balaban J connectivity index is 1.80. The quantitative estimate of drug-likeness (QED) is 0.923. The monoisotopic (exact) mass is 345 g/mol. The Hall–Kier alpha value is -1.88. The van der Waals surface area contributed by atoms with Crippen LogP contribution in [0.3, 0.4) is 0 Å². The van der Waals surface area contributed by atoms with Crippen molar-refractivity contribution >= 4 is 26.5 Å². The molecule has 1 saturated carbocycles. The van der Waals surface area contributed by atoms with Crippen LogP contribution in [-0.4, -0.2) is 25.6 Å². The van der Waals surface area contributed by atoms with E-state index in [0.717, 1.165) is 36.5 Å². The second-order valence-electron chi connectivity index (χ2n) is 6.54. The Morgan fingerprint density at radius 3 is 2.42 bits per heavy atom. The van der Waals surface area contributed by atoms with Crippen molar-refractivity contribution in [2.24, 2.45) is 0 Å². The molecule has 2 aromatic carbocycles. The Labute approximate surface area is 143 Å². The molecule has 1 N–H and O–H groups in total. The van der Waals surface area contributed by atoms with Gasteiger partial charge in [0.05, 0.1) is 4.90 Å². The van der Waals surface area contributed by atoms with Crippen molar-refractivity contribution in [2.75, 3.05) is 0 Å². The number of hydrogen-bond donors (Lipinski definition) is 1. The standard InChI is InChI=1S/C19H23NO3S/c1-14(19(21)20-17-9-3-2-4-10-17)24(22,23)18-12-11-15-7-5-6-8-16(15)13-18/h5-8,11-14,17H,2-4,9-10H2,1H3,(H,20,21). The molecule has 128 valence electrons. The van der Waals surface area contributed by atoms with E-state index in [1.807, 2.05) is 24.3 Å². The van der Waals surface area contributed by atoms with Gasteiger partial charge < -0.3 is 5.32 Å². The minimum atomic E-state index is -3.69. The number of sulfone groups is 1. The van der Waals surface area contributed by atoms with Crippen LogP contribution in [0.1, 0.15) is 39.0 Å². The summed E-state index contributed by atoms with van der Waals surface area (Å²) in [6, 6.07) is 12.7. The first kappa shape index (κ1) is 17.0. The second kappa shape index (κ2) is 6.93. The molecule has 2 aromatic rings. The maximum absolute atomic E-state index is 12.8. The van der Waals surface area contributed by atoms with Gasteiger partial charge in [-0.1, -0.05) is 49.6 Å². The van der Waals surface area contributed by atoms with Gasteiger partial charge in [-0.3, -0.25) is 4.79 Å². The van der Waals surface area contributed by atoms with Crippen LogP contribution in [0.25, 0.3) is 10.8 Å². The lowest BCUT2D eigenvalue weighted by molar-refractivity contribution is -0.121. The van der Waals surface area contributed by atoms with E-state index in [0.29, 0.717) is 0 Å². The van der Waals surface area contributed by atoms with Crippen molar-refractivity contribution < 1.29 is 13.2 Å². The van der Waals surface area contributed by atoms with E-state index in [2.05, 4.69) is 5.32 Å². The molecule has 1 unspecified atom stereocenters. The van der Waals surface area contributed by atoms with E-state index >= 15 is 0 Å². The third-order valence-electron chi connectivity index (χ3n) is 4.84. The van der Waals surface area contributed by atoms with Crippen molar-refractivity contribution in [2.45, 2.75) is 55.2 Å². The summed E-state index contributed by atoms with van der Waals surface area (Å²) in [6.45, 7) is 1.47. The first-order chi connectivity index (χ1) is 11.5. The maximum Gasteiger partial charge on any atom is 0.238 e. The number of hydrogen-bond acceptors (Lipinski definition) is 3. The average molecular weight is 345 g/mol. The van der Waals surface area contributed by atoms with Gasteiger partial charge in [0.2, 0.25) is 5.91 Å². The molecule has 0 heterocycles. The Bertz CT molecular complexity index is 839. The van der Waals surface area contributed by atoms with E-state index in [1.165, 1.54) is 13.3 Å². The van der Waals surface area contributed by atoms with Crippen LogP contribution in [-0.2, 0) is 14.6 Å². The van der Waals surface area contributed by atoms with Gasteiger partial charge in [0.15, 0.2) is 9.84 Å². The van der Waals surface area contributed by atoms with Gasteiger partial charge in [0.1, 0.15) is 5.25 Å². The molecule has 4 nitrogen and oxygen atoms in total. The average Bonchev–Trinajstić information content (AvgIpc) is 2.61. The van der Waals surface area contributed by atoms with Gasteiger partial charge in [-0.15, -0.1) is 0 Å². The largest absolute Gasteiger partial charge is 0.352 e. The van der Waals surface area contributed by atoms with E-state index < -0.39 is 21.0 Å². The van der Waals surface area contributed by atoms with E-state index in [-0.39, 0.29) is 10.9 Å². The predicted molar refractivity (Wildman–Crippen MR) is 95.6 cm³/mol. The molecule has 0 spiro atoms. The fourth-order valence-corrected chi connectivity index (χ4v) is 4.56. The van der Waals surface area contributed by atoms with Gasteiger partial charge in [-0.25, -0.2) is 8.42 Å². The van der Waals surface area contributed by atoms with Crippen LogP contribution < -0.4 is 5.32 Å². The molecule has 5 heteroatoms. The zero-order valence-electron chi connectivity index (χ0n) is 13.9. The maximum atomic E-state index is 12.8. The topological polar surface area (TPSA) is 63.2 Å². The summed E-state index contributed by atoms with van der Waals surface area (Å²) in [5, 5.41) is 3.67. The Morgan fingerprint density at radius 2 is 1.71 bits per heavy atom. The molecular formula is C19H23NO3S. The summed E-state index contributed by atoms with van der Waals surface area (Å²) >= 11 is 0. The highest BCUT2D eigenvalue weighted by Crippen LogP contribution is 2.23. The van der Waals surface area contributed by atoms with Gasteiger partial charge in [-0.05, 0) is 42.7 Å². The number of amides is 1. The molecular weight excluding hydrogens is 322 g/mol. The van der Waals surface area contributed by atoms with E-state index in [4.69, 9.17) is 0 Å². The molecule has 1 aliphatic carbocycles. The van der Waals surface area contributed by atoms with Crippen molar-refractivity contribution in [1.29, 1.82) is 0 Å². The fraction of sp³-hybridized carbons (Fsp3) is 0.421. The summed E-state index contributed by atoms with van der Waals surface area (Å²) in [7, 11) is -3.69. The highest BCUT2D eigenvalue weighted by atomic mass is 32.2. The lowest BCUT2D eigenvalue weighted by Crippen LogP contribution is -2.44. The van der Waals surface area contributed by atoms with Crippen LogP contribution in [0, 0.1) is 0 Å². The molecule has 0 bridgehead atoms.